The summed E-state index contributed by atoms with van der Waals surface area (Å²) in [5, 5.41) is 5.40. The number of fused-ring (bicyclic) bond motifs is 1. The fraction of sp³-hybridized carbons (Fsp3) is 0.481. The predicted molar refractivity (Wildman–Crippen MR) is 156 cm³/mol. The molecule has 1 aromatic heterocycles. The third-order valence-corrected chi connectivity index (χ3v) is 10.6. The van der Waals surface area contributed by atoms with E-state index in [1.54, 1.807) is 0 Å². The van der Waals surface area contributed by atoms with Gasteiger partial charge >= 0.3 is 0 Å². The maximum Gasteiger partial charge on any atom is 0.280 e. The van der Waals surface area contributed by atoms with Gasteiger partial charge in [0.1, 0.15) is 16.8 Å². The van der Waals surface area contributed by atoms with Crippen LogP contribution in [0.2, 0.25) is 0 Å². The molecular weight excluding hydrogens is 541 g/mol. The van der Waals surface area contributed by atoms with Crippen LogP contribution in [-0.4, -0.2) is 68.7 Å². The Morgan fingerprint density at radius 2 is 1.79 bits per heavy atom. The molecule has 38 heavy (non-hydrogen) atoms. The molecular formula is C27H34N4O4S3. The standard InChI is InChI=1S/C27H34N4O4S3/c1-27(2,3)30-38(34)22-9-8-21(19-6-4-5-7-20(19)22)23-24(31-12-14-35-15-13-31)29-26(36-23)25(32)28-18-10-16-37(33)17-11-18/h4-9,18,30H,10-17H2,1-3H3,(H,28,32). The molecule has 1 atom stereocenters. The van der Waals surface area contributed by atoms with E-state index in [1.165, 1.54) is 11.3 Å². The number of hydrogen-bond donors (Lipinski definition) is 2. The maximum absolute atomic E-state index is 13.3. The van der Waals surface area contributed by atoms with E-state index in [9.17, 15) is 13.2 Å². The lowest BCUT2D eigenvalue weighted by Gasteiger charge is -2.28. The highest BCUT2D eigenvalue weighted by Crippen LogP contribution is 2.41. The molecule has 2 aliphatic rings. The van der Waals surface area contributed by atoms with E-state index in [2.05, 4.69) is 14.9 Å². The van der Waals surface area contributed by atoms with Crippen LogP contribution in [0, 0.1) is 0 Å². The molecule has 1 amide bonds. The second-order valence-corrected chi connectivity index (χ2v) is 14.5. The number of nitrogens with one attached hydrogen (secondary N) is 2. The maximum atomic E-state index is 13.3. The molecule has 3 aromatic rings. The van der Waals surface area contributed by atoms with Gasteiger partial charge in [0.25, 0.3) is 5.91 Å². The fourth-order valence-corrected chi connectivity index (χ4v) is 8.29. The molecule has 5 rings (SSSR count). The lowest BCUT2D eigenvalue weighted by Crippen LogP contribution is -2.39. The molecule has 0 radical (unpaired) electrons. The summed E-state index contributed by atoms with van der Waals surface area (Å²) >= 11 is 1.39. The molecule has 8 nitrogen and oxygen atoms in total. The fourth-order valence-electron chi connectivity index (χ4n) is 4.72. The average molecular weight is 575 g/mol. The smallest absolute Gasteiger partial charge is 0.280 e. The Hall–Kier alpha value is -2.18. The van der Waals surface area contributed by atoms with Crippen molar-refractivity contribution in [1.29, 1.82) is 0 Å². The second-order valence-electron chi connectivity index (χ2n) is 10.6. The van der Waals surface area contributed by atoms with Gasteiger partial charge in [-0.3, -0.25) is 9.00 Å². The van der Waals surface area contributed by atoms with Crippen LogP contribution in [0.25, 0.3) is 21.2 Å². The summed E-state index contributed by atoms with van der Waals surface area (Å²) < 4.78 is 33.7. The normalized spacial score (nSPS) is 21.4. The highest BCUT2D eigenvalue weighted by atomic mass is 32.2. The van der Waals surface area contributed by atoms with Crippen LogP contribution >= 0.6 is 11.3 Å². The average Bonchev–Trinajstić information content (AvgIpc) is 3.34. The quantitative estimate of drug-likeness (QED) is 0.464. The van der Waals surface area contributed by atoms with Gasteiger partial charge in [-0.1, -0.05) is 30.3 Å². The van der Waals surface area contributed by atoms with Crippen LogP contribution in [0.1, 0.15) is 43.4 Å². The summed E-state index contributed by atoms with van der Waals surface area (Å²) in [6, 6.07) is 11.9. The zero-order chi connectivity index (χ0) is 26.9. The topological polar surface area (TPSA) is 101 Å². The van der Waals surface area contributed by atoms with Crippen molar-refractivity contribution in [3.63, 3.8) is 0 Å². The van der Waals surface area contributed by atoms with Gasteiger partial charge < -0.3 is 15.0 Å². The second kappa shape index (κ2) is 11.5. The zero-order valence-corrected chi connectivity index (χ0v) is 24.4. The van der Waals surface area contributed by atoms with Crippen molar-refractivity contribution < 1.29 is 17.9 Å². The first-order valence-corrected chi connectivity index (χ1v) is 16.4. The number of anilines is 1. The van der Waals surface area contributed by atoms with E-state index in [4.69, 9.17) is 9.72 Å². The largest absolute Gasteiger partial charge is 0.378 e. The number of rotatable bonds is 6. The third kappa shape index (κ3) is 6.17. The van der Waals surface area contributed by atoms with Crippen molar-refractivity contribution in [2.24, 2.45) is 0 Å². The first-order chi connectivity index (χ1) is 18.2. The number of amides is 1. The van der Waals surface area contributed by atoms with Crippen molar-refractivity contribution in [3.05, 3.63) is 41.4 Å². The molecule has 0 saturated carbocycles. The first kappa shape index (κ1) is 27.4. The molecule has 2 saturated heterocycles. The summed E-state index contributed by atoms with van der Waals surface area (Å²) in [5.41, 5.74) is 0.657. The van der Waals surface area contributed by atoms with Crippen molar-refractivity contribution in [2.45, 2.75) is 50.1 Å². The van der Waals surface area contributed by atoms with Gasteiger partial charge in [-0.05, 0) is 50.5 Å². The van der Waals surface area contributed by atoms with Crippen LogP contribution in [0.15, 0.2) is 41.3 Å². The Labute approximate surface area is 232 Å². The lowest BCUT2D eigenvalue weighted by atomic mass is 10.0. The highest BCUT2D eigenvalue weighted by molar-refractivity contribution is 7.85. The summed E-state index contributed by atoms with van der Waals surface area (Å²) in [6.45, 7) is 8.58. The first-order valence-electron chi connectivity index (χ1n) is 12.9. The molecule has 3 heterocycles. The van der Waals surface area contributed by atoms with E-state index < -0.39 is 21.8 Å². The number of carbonyl (C=O) groups excluding carboxylic acids is 1. The molecule has 2 aromatic carbocycles. The monoisotopic (exact) mass is 574 g/mol. The molecule has 0 spiro atoms. The summed E-state index contributed by atoms with van der Waals surface area (Å²) in [7, 11) is -2.17. The van der Waals surface area contributed by atoms with Crippen LogP contribution in [0.3, 0.4) is 0 Å². The minimum absolute atomic E-state index is 0.0183. The molecule has 0 bridgehead atoms. The summed E-state index contributed by atoms with van der Waals surface area (Å²) in [4.78, 5) is 22.0. The van der Waals surface area contributed by atoms with Gasteiger partial charge in [0.2, 0.25) is 0 Å². The Bertz CT molecular complexity index is 1370. The summed E-state index contributed by atoms with van der Waals surface area (Å²) in [5.74, 6) is 1.83. The van der Waals surface area contributed by atoms with Crippen LogP contribution in [-0.2, 0) is 26.5 Å². The molecule has 2 fully saturated rings. The SMILES string of the molecule is CC(C)(C)NS(=O)c1ccc(-c2sc(C(=O)NC3CCS(=O)CC3)nc2N2CCOCC2)c2ccccc12. The summed E-state index contributed by atoms with van der Waals surface area (Å²) in [6.07, 6.45) is 1.44. The number of benzene rings is 2. The molecule has 204 valence electrons. The number of carbonyl (C=O) groups is 1. The molecule has 2 aliphatic heterocycles. The van der Waals surface area contributed by atoms with Crippen molar-refractivity contribution in [1.82, 2.24) is 15.0 Å². The van der Waals surface area contributed by atoms with Crippen molar-refractivity contribution >= 4 is 55.6 Å². The van der Waals surface area contributed by atoms with E-state index >= 15 is 0 Å². The predicted octanol–water partition coefficient (Wildman–Crippen LogP) is 3.85. The lowest BCUT2D eigenvalue weighted by molar-refractivity contribution is 0.0934. The number of ether oxygens (including phenoxy) is 1. The van der Waals surface area contributed by atoms with Crippen LogP contribution < -0.4 is 14.9 Å². The Balaban J connectivity index is 1.54. The number of hydrogen-bond acceptors (Lipinski definition) is 7. The Kier molecular flexibility index (Phi) is 8.30. The molecule has 2 N–H and O–H groups in total. The molecule has 1 unspecified atom stereocenters. The van der Waals surface area contributed by atoms with Gasteiger partial charge in [0.05, 0.1) is 23.0 Å². The highest BCUT2D eigenvalue weighted by Gasteiger charge is 2.27. The van der Waals surface area contributed by atoms with E-state index in [-0.39, 0.29) is 17.5 Å². The third-order valence-electron chi connectivity index (χ3n) is 6.56. The minimum atomic E-state index is -1.39. The Morgan fingerprint density at radius 3 is 2.47 bits per heavy atom. The van der Waals surface area contributed by atoms with Gasteiger partial charge in [-0.15, -0.1) is 11.3 Å². The van der Waals surface area contributed by atoms with E-state index in [0.29, 0.717) is 42.8 Å². The number of aromatic nitrogens is 1. The number of morpholine rings is 1. The van der Waals surface area contributed by atoms with Gasteiger partial charge in [0.15, 0.2) is 5.01 Å². The Morgan fingerprint density at radius 1 is 1.11 bits per heavy atom. The van der Waals surface area contributed by atoms with Gasteiger partial charge in [-0.25, -0.2) is 13.9 Å². The van der Waals surface area contributed by atoms with Crippen LogP contribution in [0.4, 0.5) is 5.82 Å². The van der Waals surface area contributed by atoms with E-state index in [1.807, 2.05) is 57.2 Å². The molecule has 11 heteroatoms. The van der Waals surface area contributed by atoms with E-state index in [0.717, 1.165) is 44.8 Å². The van der Waals surface area contributed by atoms with Crippen LogP contribution in [0.5, 0.6) is 0 Å². The van der Waals surface area contributed by atoms with Gasteiger partial charge in [-0.2, -0.15) is 0 Å². The molecule has 0 aliphatic carbocycles. The zero-order valence-electron chi connectivity index (χ0n) is 22.0. The van der Waals surface area contributed by atoms with Crippen molar-refractivity contribution in [3.8, 4) is 10.4 Å². The van der Waals surface area contributed by atoms with Gasteiger partial charge in [0, 0.05) is 52.5 Å². The number of thiazole rings is 1. The number of nitrogens with zero attached hydrogens (tertiary/aromatic N) is 2. The van der Waals surface area contributed by atoms with Crippen molar-refractivity contribution in [2.75, 3.05) is 42.7 Å². The minimum Gasteiger partial charge on any atom is -0.378 e.